The summed E-state index contributed by atoms with van der Waals surface area (Å²) < 4.78 is 1.57. The van der Waals surface area contributed by atoms with Crippen molar-refractivity contribution in [3.63, 3.8) is 0 Å². The number of hydrogen-bond acceptors (Lipinski definition) is 1. The molecule has 1 rings (SSSR count). The van der Waals surface area contributed by atoms with Gasteiger partial charge in [0.1, 0.15) is 0 Å². The number of hydrogen-bond donors (Lipinski definition) is 0. The molecule has 1 aromatic heterocycles. The molecule has 0 unspecified atom stereocenters. The first-order valence-corrected chi connectivity index (χ1v) is 7.13. The zero-order chi connectivity index (χ0) is 8.81. The van der Waals surface area contributed by atoms with E-state index in [0.717, 1.165) is 0 Å². The van der Waals surface area contributed by atoms with Crippen molar-refractivity contribution < 1.29 is 0 Å². The maximum absolute atomic E-state index is 2.30. The van der Waals surface area contributed by atoms with Crippen LogP contribution in [0.15, 0.2) is 12.1 Å². The van der Waals surface area contributed by atoms with E-state index in [1.807, 2.05) is 11.3 Å². The fourth-order valence-corrected chi connectivity index (χ4v) is 3.65. The van der Waals surface area contributed by atoms with Gasteiger partial charge in [0.05, 0.1) is 0 Å². The van der Waals surface area contributed by atoms with Gasteiger partial charge in [0.25, 0.3) is 0 Å². The summed E-state index contributed by atoms with van der Waals surface area (Å²) >= 11 is 3.29. The summed E-state index contributed by atoms with van der Waals surface area (Å²) in [6, 6.07) is 4.58. The van der Waals surface area contributed by atoms with Crippen molar-refractivity contribution in [2.75, 3.05) is 0 Å². The van der Waals surface area contributed by atoms with Gasteiger partial charge in [-0.05, 0) is 0 Å². The van der Waals surface area contributed by atoms with Crippen LogP contribution < -0.4 is 2.89 Å². The molecule has 0 N–H and O–H groups in total. The normalized spacial score (nSPS) is 10.5. The third-order valence-corrected chi connectivity index (χ3v) is 4.49. The molecule has 0 fully saturated rings. The molecule has 0 aromatic carbocycles. The Morgan fingerprint density at radius 2 is 2.08 bits per heavy atom. The van der Waals surface area contributed by atoms with Crippen LogP contribution in [0.4, 0.5) is 0 Å². The summed E-state index contributed by atoms with van der Waals surface area (Å²) in [6.07, 6.45) is 6.85. The second-order valence-corrected chi connectivity index (χ2v) is 7.28. The van der Waals surface area contributed by atoms with Crippen LogP contribution in [0.2, 0.25) is 0 Å². The average Bonchev–Trinajstić information content (AvgIpc) is 2.45. The van der Waals surface area contributed by atoms with Crippen LogP contribution in [-0.2, 0) is 6.42 Å². The molecule has 0 saturated heterocycles. The second-order valence-electron chi connectivity index (χ2n) is 3.11. The van der Waals surface area contributed by atoms with Crippen molar-refractivity contribution in [3.05, 3.63) is 17.0 Å². The first-order valence-electron chi connectivity index (χ1n) is 4.67. The minimum atomic E-state index is 1.28. The van der Waals surface area contributed by atoms with Gasteiger partial charge in [0, 0.05) is 0 Å². The molecule has 0 saturated carbocycles. The van der Waals surface area contributed by atoms with Crippen molar-refractivity contribution >= 4 is 36.8 Å². The molecule has 12 heavy (non-hydrogen) atoms. The Morgan fingerprint density at radius 3 is 2.67 bits per heavy atom. The summed E-state index contributed by atoms with van der Waals surface area (Å²) in [5.41, 5.74) is 0. The molecule has 0 amide bonds. The topological polar surface area (TPSA) is 0 Å². The van der Waals surface area contributed by atoms with Crippen molar-refractivity contribution in [2.24, 2.45) is 0 Å². The van der Waals surface area contributed by atoms with Crippen LogP contribution in [0.25, 0.3) is 0 Å². The summed E-state index contributed by atoms with van der Waals surface area (Å²) in [5, 5.41) is 0. The summed E-state index contributed by atoms with van der Waals surface area (Å²) in [5.74, 6) is 0. The monoisotopic (exact) mass is 288 g/mol. The number of unbranched alkanes of at least 4 members (excludes halogenated alkanes) is 3. The molecule has 2 radical (unpaired) electrons. The van der Waals surface area contributed by atoms with Gasteiger partial charge in [-0.15, -0.1) is 0 Å². The van der Waals surface area contributed by atoms with E-state index < -0.39 is 0 Å². The predicted octanol–water partition coefficient (Wildman–Crippen LogP) is 2.40. The Bertz CT molecular complexity index is 217. The number of rotatable bonds is 5. The molecule has 0 nitrogen and oxygen atoms in total. The first-order chi connectivity index (χ1) is 5.83. The second kappa shape index (κ2) is 6.03. The Balaban J connectivity index is 2.15. The van der Waals surface area contributed by atoms with Crippen molar-refractivity contribution in [1.29, 1.82) is 0 Å². The van der Waals surface area contributed by atoms with Crippen LogP contribution in [0, 0.1) is 0 Å². The van der Waals surface area contributed by atoms with Gasteiger partial charge >= 0.3 is 92.8 Å². The van der Waals surface area contributed by atoms with E-state index in [0.29, 0.717) is 0 Å². The molecule has 0 atom stereocenters. The Morgan fingerprint density at radius 1 is 1.25 bits per heavy atom. The molecule has 2 heteroatoms. The van der Waals surface area contributed by atoms with Crippen molar-refractivity contribution in [2.45, 2.75) is 39.0 Å². The zero-order valence-corrected chi connectivity index (χ0v) is 11.8. The molecular formula is C10H16SSn. The molecule has 66 valence electrons. The van der Waals surface area contributed by atoms with E-state index in [9.17, 15) is 0 Å². The Hall–Kier alpha value is 0.499. The summed E-state index contributed by atoms with van der Waals surface area (Å²) in [4.78, 5) is 1.59. The third kappa shape index (κ3) is 3.94. The van der Waals surface area contributed by atoms with Gasteiger partial charge in [-0.1, -0.05) is 0 Å². The van der Waals surface area contributed by atoms with Crippen LogP contribution in [0.1, 0.15) is 37.5 Å². The standard InChI is InChI=1S/C10H15S.Sn.H/c1-2-3-4-5-7-10-8-6-9-11-10;;/h6,8H,2-5,7H2,1H3;;. The molecule has 0 aliphatic heterocycles. The van der Waals surface area contributed by atoms with Crippen LogP contribution in [0.5, 0.6) is 0 Å². The SMILES string of the molecule is CCCCCCc1cc[c]([SnH])s1. The first kappa shape index (κ1) is 10.6. The van der Waals surface area contributed by atoms with Gasteiger partial charge in [0.15, 0.2) is 0 Å². The predicted molar refractivity (Wildman–Crippen MR) is 58.9 cm³/mol. The number of aryl methyl sites for hydroxylation is 1. The van der Waals surface area contributed by atoms with Gasteiger partial charge in [0.2, 0.25) is 0 Å². The van der Waals surface area contributed by atoms with Crippen LogP contribution >= 0.6 is 11.3 Å². The number of thiophene rings is 1. The molecule has 1 heterocycles. The molecular weight excluding hydrogens is 271 g/mol. The molecule has 0 spiro atoms. The molecule has 1 aromatic rings. The molecule has 0 bridgehead atoms. The third-order valence-electron chi connectivity index (χ3n) is 1.96. The van der Waals surface area contributed by atoms with E-state index >= 15 is 0 Å². The molecule has 0 aliphatic rings. The average molecular weight is 287 g/mol. The van der Waals surface area contributed by atoms with Crippen molar-refractivity contribution in [3.8, 4) is 0 Å². The Kier molecular flexibility index (Phi) is 5.32. The Labute approximate surface area is 92.5 Å². The summed E-state index contributed by atoms with van der Waals surface area (Å²) in [7, 11) is 0. The van der Waals surface area contributed by atoms with Crippen LogP contribution in [0.3, 0.4) is 0 Å². The van der Waals surface area contributed by atoms with Crippen LogP contribution in [-0.4, -0.2) is 22.5 Å². The van der Waals surface area contributed by atoms with E-state index in [1.54, 1.807) is 7.77 Å². The van der Waals surface area contributed by atoms with Gasteiger partial charge < -0.3 is 0 Å². The maximum atomic E-state index is 2.30. The minimum absolute atomic E-state index is 1.28. The van der Waals surface area contributed by atoms with E-state index in [2.05, 4.69) is 19.1 Å². The van der Waals surface area contributed by atoms with Gasteiger partial charge in [-0.2, -0.15) is 0 Å². The zero-order valence-electron chi connectivity index (χ0n) is 7.68. The fourth-order valence-electron chi connectivity index (χ4n) is 1.25. The quantitative estimate of drug-likeness (QED) is 0.576. The van der Waals surface area contributed by atoms with E-state index in [-0.39, 0.29) is 0 Å². The fraction of sp³-hybridized carbons (Fsp3) is 0.600. The molecule has 0 aliphatic carbocycles. The van der Waals surface area contributed by atoms with Gasteiger partial charge in [-0.25, -0.2) is 0 Å². The van der Waals surface area contributed by atoms with E-state index in [1.165, 1.54) is 54.6 Å². The summed E-state index contributed by atoms with van der Waals surface area (Å²) in [6.45, 7) is 2.26. The van der Waals surface area contributed by atoms with Gasteiger partial charge in [-0.3, -0.25) is 0 Å². The van der Waals surface area contributed by atoms with E-state index in [4.69, 9.17) is 0 Å². The van der Waals surface area contributed by atoms with Crippen molar-refractivity contribution in [1.82, 2.24) is 0 Å².